The molecule has 0 saturated heterocycles. The fourth-order valence-electron chi connectivity index (χ4n) is 0.611. The highest BCUT2D eigenvalue weighted by molar-refractivity contribution is 14.1. The molecule has 0 aliphatic carbocycles. The van der Waals surface area contributed by atoms with Gasteiger partial charge in [-0.05, 0) is 48.6 Å². The molecule has 12 heavy (non-hydrogen) atoms. The number of hydrogen-bond donors (Lipinski definition) is 1. The number of nitrogens with zero attached hydrogens (tertiary/aromatic N) is 2. The molecule has 0 aliphatic rings. The molecule has 0 aliphatic heterocycles. The first-order valence-electron chi connectivity index (χ1n) is 3.57. The zero-order valence-electron chi connectivity index (χ0n) is 7.00. The largest absolute Gasteiger partial charge is 0.261 e. The molecular weight excluding hydrogens is 265 g/mol. The number of hydrazone groups is 1. The topological polar surface area (TPSA) is 37.3 Å². The molecule has 0 fully saturated rings. The predicted octanol–water partition coefficient (Wildman–Crippen LogP) is 2.49. The Balaban J connectivity index is 2.65. The van der Waals surface area contributed by atoms with E-state index in [9.17, 15) is 0 Å². The number of rotatable bonds is 2. The van der Waals surface area contributed by atoms with Gasteiger partial charge in [0, 0.05) is 15.5 Å². The summed E-state index contributed by atoms with van der Waals surface area (Å²) in [4.78, 5) is 4.12. The Bertz CT molecular complexity index is 275. The van der Waals surface area contributed by atoms with Crippen molar-refractivity contribution in [3.8, 4) is 0 Å². The van der Waals surface area contributed by atoms with Crippen LogP contribution in [0.3, 0.4) is 0 Å². The number of pyridine rings is 1. The van der Waals surface area contributed by atoms with Crippen molar-refractivity contribution >= 4 is 34.1 Å². The Morgan fingerprint density at radius 1 is 1.50 bits per heavy atom. The molecule has 1 heterocycles. The normalized spacial score (nSPS) is 9.25. The SMILES string of the molecule is CC(C)=NNc1ccc(I)cn1. The van der Waals surface area contributed by atoms with E-state index < -0.39 is 0 Å². The first kappa shape index (κ1) is 9.44. The average Bonchev–Trinajstić information content (AvgIpc) is 2.03. The third kappa shape index (κ3) is 3.17. The van der Waals surface area contributed by atoms with Crippen molar-refractivity contribution in [2.45, 2.75) is 13.8 Å². The van der Waals surface area contributed by atoms with Gasteiger partial charge in [0.1, 0.15) is 5.82 Å². The zero-order chi connectivity index (χ0) is 8.97. The summed E-state index contributed by atoms with van der Waals surface area (Å²) in [5.41, 5.74) is 3.83. The van der Waals surface area contributed by atoms with E-state index in [1.54, 1.807) is 6.20 Å². The lowest BCUT2D eigenvalue weighted by atomic mass is 10.5. The molecule has 1 aromatic rings. The standard InChI is InChI=1S/C8H10IN3/c1-6(2)11-12-8-4-3-7(9)5-10-8/h3-5H,1-2H3,(H,10,12). The van der Waals surface area contributed by atoms with E-state index in [1.807, 2.05) is 26.0 Å². The van der Waals surface area contributed by atoms with E-state index >= 15 is 0 Å². The number of halogens is 1. The van der Waals surface area contributed by atoms with Crippen molar-refractivity contribution in [2.24, 2.45) is 5.10 Å². The minimum atomic E-state index is 0.775. The van der Waals surface area contributed by atoms with Gasteiger partial charge in [0.05, 0.1) is 0 Å². The summed E-state index contributed by atoms with van der Waals surface area (Å²) in [5, 5.41) is 4.03. The lowest BCUT2D eigenvalue weighted by Gasteiger charge is -1.98. The van der Waals surface area contributed by atoms with Crippen molar-refractivity contribution in [2.75, 3.05) is 5.43 Å². The summed E-state index contributed by atoms with van der Waals surface area (Å²) in [6.45, 7) is 3.86. The van der Waals surface area contributed by atoms with Crippen LogP contribution < -0.4 is 5.43 Å². The highest BCUT2D eigenvalue weighted by atomic mass is 127. The Labute approximate surface area is 85.4 Å². The van der Waals surface area contributed by atoms with Gasteiger partial charge in [-0.25, -0.2) is 4.98 Å². The zero-order valence-corrected chi connectivity index (χ0v) is 9.16. The van der Waals surface area contributed by atoms with E-state index in [2.05, 4.69) is 38.1 Å². The molecule has 1 rings (SSSR count). The van der Waals surface area contributed by atoms with Crippen LogP contribution in [0.1, 0.15) is 13.8 Å². The second kappa shape index (κ2) is 4.39. The van der Waals surface area contributed by atoms with Crippen molar-refractivity contribution < 1.29 is 0 Å². The van der Waals surface area contributed by atoms with Gasteiger partial charge in [0.15, 0.2) is 0 Å². The van der Waals surface area contributed by atoms with Crippen molar-refractivity contribution in [1.29, 1.82) is 0 Å². The van der Waals surface area contributed by atoms with Gasteiger partial charge < -0.3 is 0 Å². The number of nitrogens with one attached hydrogen (secondary N) is 1. The molecule has 4 heteroatoms. The van der Waals surface area contributed by atoms with Crippen molar-refractivity contribution in [1.82, 2.24) is 4.98 Å². The van der Waals surface area contributed by atoms with E-state index in [1.165, 1.54) is 0 Å². The molecule has 64 valence electrons. The van der Waals surface area contributed by atoms with Crippen LogP contribution >= 0.6 is 22.6 Å². The Hall–Kier alpha value is -0.650. The summed E-state index contributed by atoms with van der Waals surface area (Å²) in [7, 11) is 0. The smallest absolute Gasteiger partial charge is 0.146 e. The minimum absolute atomic E-state index is 0.775. The van der Waals surface area contributed by atoms with Crippen LogP contribution in [0, 0.1) is 3.57 Å². The lowest BCUT2D eigenvalue weighted by molar-refractivity contribution is 1.21. The lowest BCUT2D eigenvalue weighted by Crippen LogP contribution is -1.94. The molecule has 0 unspecified atom stereocenters. The maximum atomic E-state index is 4.12. The first-order chi connectivity index (χ1) is 5.68. The average molecular weight is 275 g/mol. The molecule has 0 atom stereocenters. The summed E-state index contributed by atoms with van der Waals surface area (Å²) in [6.07, 6.45) is 1.80. The Morgan fingerprint density at radius 3 is 2.75 bits per heavy atom. The van der Waals surface area contributed by atoms with Crippen LogP contribution in [-0.2, 0) is 0 Å². The summed E-state index contributed by atoms with van der Waals surface area (Å²) < 4.78 is 1.12. The molecule has 0 radical (unpaired) electrons. The monoisotopic (exact) mass is 275 g/mol. The molecule has 0 saturated carbocycles. The van der Waals surface area contributed by atoms with Crippen LogP contribution in [0.15, 0.2) is 23.4 Å². The second-order valence-electron chi connectivity index (χ2n) is 2.53. The van der Waals surface area contributed by atoms with Crippen LogP contribution in [0.4, 0.5) is 5.82 Å². The maximum Gasteiger partial charge on any atom is 0.146 e. The van der Waals surface area contributed by atoms with E-state index in [0.29, 0.717) is 0 Å². The third-order valence-corrected chi connectivity index (χ3v) is 1.76. The Kier molecular flexibility index (Phi) is 3.46. The van der Waals surface area contributed by atoms with E-state index in [-0.39, 0.29) is 0 Å². The van der Waals surface area contributed by atoms with Gasteiger partial charge in [-0.1, -0.05) is 0 Å². The molecule has 0 amide bonds. The van der Waals surface area contributed by atoms with Gasteiger partial charge in [-0.2, -0.15) is 5.10 Å². The van der Waals surface area contributed by atoms with E-state index in [4.69, 9.17) is 0 Å². The van der Waals surface area contributed by atoms with Gasteiger partial charge in [-0.3, -0.25) is 5.43 Å². The van der Waals surface area contributed by atoms with Crippen LogP contribution in [0.25, 0.3) is 0 Å². The summed E-state index contributed by atoms with van der Waals surface area (Å²) >= 11 is 2.21. The van der Waals surface area contributed by atoms with E-state index in [0.717, 1.165) is 15.1 Å². The molecule has 1 N–H and O–H groups in total. The minimum Gasteiger partial charge on any atom is -0.261 e. The molecule has 0 spiro atoms. The van der Waals surface area contributed by atoms with Gasteiger partial charge >= 0.3 is 0 Å². The fourth-order valence-corrected chi connectivity index (χ4v) is 0.930. The highest BCUT2D eigenvalue weighted by Crippen LogP contribution is 2.06. The molecule has 0 bridgehead atoms. The van der Waals surface area contributed by atoms with Crippen molar-refractivity contribution in [3.63, 3.8) is 0 Å². The summed E-state index contributed by atoms with van der Waals surface area (Å²) in [6, 6.07) is 3.88. The molecular formula is C8H10IN3. The quantitative estimate of drug-likeness (QED) is 0.511. The van der Waals surface area contributed by atoms with Crippen LogP contribution in [0.2, 0.25) is 0 Å². The van der Waals surface area contributed by atoms with Crippen LogP contribution in [-0.4, -0.2) is 10.7 Å². The van der Waals surface area contributed by atoms with Gasteiger partial charge in [0.25, 0.3) is 0 Å². The third-order valence-electron chi connectivity index (χ3n) is 1.12. The van der Waals surface area contributed by atoms with Crippen molar-refractivity contribution in [3.05, 3.63) is 21.9 Å². The molecule has 3 nitrogen and oxygen atoms in total. The predicted molar refractivity (Wildman–Crippen MR) is 59.4 cm³/mol. The number of hydrogen-bond acceptors (Lipinski definition) is 3. The fraction of sp³-hybridized carbons (Fsp3) is 0.250. The maximum absolute atomic E-state index is 4.12. The van der Waals surface area contributed by atoms with Gasteiger partial charge in [-0.15, -0.1) is 0 Å². The Morgan fingerprint density at radius 2 is 2.25 bits per heavy atom. The molecule has 1 aromatic heterocycles. The first-order valence-corrected chi connectivity index (χ1v) is 4.65. The second-order valence-corrected chi connectivity index (χ2v) is 3.78. The number of aromatic nitrogens is 1. The molecule has 0 aromatic carbocycles. The number of anilines is 1. The highest BCUT2D eigenvalue weighted by Gasteiger charge is 1.89. The van der Waals surface area contributed by atoms with Crippen LogP contribution in [0.5, 0.6) is 0 Å². The van der Waals surface area contributed by atoms with Gasteiger partial charge in [0.2, 0.25) is 0 Å². The summed E-state index contributed by atoms with van der Waals surface area (Å²) in [5.74, 6) is 0.775.